The van der Waals surface area contributed by atoms with Crippen molar-refractivity contribution >= 4 is 18.0 Å². The zero-order valence-electron chi connectivity index (χ0n) is 14.9. The average Bonchev–Trinajstić information content (AvgIpc) is 2.89. The number of carbonyl (C=O) groups excluding carboxylic acids is 2. The van der Waals surface area contributed by atoms with Gasteiger partial charge in [-0.1, -0.05) is 56.3 Å². The van der Waals surface area contributed by atoms with Crippen LogP contribution in [-0.4, -0.2) is 23.4 Å². The molecule has 0 spiro atoms. The number of hydrogen-bond acceptors (Lipinski definition) is 3. The molecule has 3 rings (SSSR count). The second-order valence-electron chi connectivity index (χ2n) is 6.64. The van der Waals surface area contributed by atoms with Crippen LogP contribution in [0.5, 0.6) is 5.75 Å². The van der Waals surface area contributed by atoms with Gasteiger partial charge >= 0.3 is 6.03 Å². The van der Waals surface area contributed by atoms with Gasteiger partial charge in [0.2, 0.25) is 0 Å². The summed E-state index contributed by atoms with van der Waals surface area (Å²) in [6, 6.07) is 16.5. The molecule has 1 aliphatic rings. The van der Waals surface area contributed by atoms with E-state index in [2.05, 4.69) is 19.2 Å². The van der Waals surface area contributed by atoms with Gasteiger partial charge in [-0.3, -0.25) is 9.69 Å². The normalized spacial score (nSPS) is 15.7. The Hall–Kier alpha value is -3.08. The van der Waals surface area contributed by atoms with Gasteiger partial charge in [0.25, 0.3) is 5.91 Å². The third-order valence-electron chi connectivity index (χ3n) is 3.92. The Balaban J connectivity index is 1.69. The summed E-state index contributed by atoms with van der Waals surface area (Å²) in [5.41, 5.74) is 2.01. The van der Waals surface area contributed by atoms with E-state index in [0.29, 0.717) is 12.5 Å². The average molecular weight is 350 g/mol. The highest BCUT2D eigenvalue weighted by molar-refractivity contribution is 6.13. The third-order valence-corrected chi connectivity index (χ3v) is 3.92. The van der Waals surface area contributed by atoms with Crippen molar-refractivity contribution in [3.05, 3.63) is 71.4 Å². The van der Waals surface area contributed by atoms with Gasteiger partial charge in [0, 0.05) is 0 Å². The summed E-state index contributed by atoms with van der Waals surface area (Å²) in [6.45, 7) is 5.09. The van der Waals surface area contributed by atoms with E-state index < -0.39 is 6.03 Å². The smallest absolute Gasteiger partial charge is 0.329 e. The van der Waals surface area contributed by atoms with Crippen molar-refractivity contribution in [3.8, 4) is 5.75 Å². The van der Waals surface area contributed by atoms with Crippen LogP contribution in [0.15, 0.2) is 60.3 Å². The van der Waals surface area contributed by atoms with Crippen LogP contribution in [0, 0.1) is 5.92 Å². The third kappa shape index (κ3) is 4.30. The summed E-state index contributed by atoms with van der Waals surface area (Å²) in [5, 5.41) is 2.64. The van der Waals surface area contributed by atoms with Crippen LogP contribution in [0.25, 0.3) is 6.08 Å². The molecule has 0 aliphatic carbocycles. The van der Waals surface area contributed by atoms with E-state index in [0.717, 1.165) is 16.9 Å². The van der Waals surface area contributed by atoms with Gasteiger partial charge in [-0.05, 0) is 35.3 Å². The molecule has 0 radical (unpaired) electrons. The molecule has 0 saturated carbocycles. The fourth-order valence-corrected chi connectivity index (χ4v) is 2.57. The Morgan fingerprint density at radius 3 is 2.38 bits per heavy atom. The van der Waals surface area contributed by atoms with Crippen LogP contribution < -0.4 is 10.1 Å². The summed E-state index contributed by atoms with van der Waals surface area (Å²) in [5.74, 6) is 0.922. The van der Waals surface area contributed by atoms with Gasteiger partial charge in [0.15, 0.2) is 0 Å². The van der Waals surface area contributed by atoms with E-state index in [1.165, 1.54) is 4.90 Å². The van der Waals surface area contributed by atoms with Crippen LogP contribution in [-0.2, 0) is 11.3 Å². The number of imide groups is 1. The van der Waals surface area contributed by atoms with E-state index in [4.69, 9.17) is 4.74 Å². The second kappa shape index (κ2) is 7.87. The molecule has 1 saturated heterocycles. The lowest BCUT2D eigenvalue weighted by Gasteiger charge is -2.11. The highest BCUT2D eigenvalue weighted by Gasteiger charge is 2.33. The molecule has 2 aromatic rings. The fourth-order valence-electron chi connectivity index (χ4n) is 2.57. The van der Waals surface area contributed by atoms with E-state index in [1.54, 1.807) is 6.08 Å². The Morgan fingerprint density at radius 1 is 1.04 bits per heavy atom. The van der Waals surface area contributed by atoms with E-state index in [9.17, 15) is 9.59 Å². The molecule has 0 unspecified atom stereocenters. The topological polar surface area (TPSA) is 58.6 Å². The summed E-state index contributed by atoms with van der Waals surface area (Å²) in [6.07, 6.45) is 1.68. The molecule has 26 heavy (non-hydrogen) atoms. The van der Waals surface area contributed by atoms with Gasteiger partial charge in [0.1, 0.15) is 11.4 Å². The zero-order valence-corrected chi connectivity index (χ0v) is 14.9. The molecule has 5 nitrogen and oxygen atoms in total. The van der Waals surface area contributed by atoms with Gasteiger partial charge in [-0.25, -0.2) is 4.79 Å². The van der Waals surface area contributed by atoms with Crippen molar-refractivity contribution in [2.45, 2.75) is 20.4 Å². The molecule has 3 amide bonds. The molecule has 134 valence electrons. The lowest BCUT2D eigenvalue weighted by Crippen LogP contribution is -2.30. The molecule has 1 N–H and O–H groups in total. The van der Waals surface area contributed by atoms with E-state index >= 15 is 0 Å². The van der Waals surface area contributed by atoms with Crippen molar-refractivity contribution < 1.29 is 14.3 Å². The van der Waals surface area contributed by atoms with Crippen molar-refractivity contribution in [3.63, 3.8) is 0 Å². The molecule has 0 atom stereocenters. The van der Waals surface area contributed by atoms with Gasteiger partial charge in [-0.15, -0.1) is 0 Å². The lowest BCUT2D eigenvalue weighted by atomic mass is 10.1. The summed E-state index contributed by atoms with van der Waals surface area (Å²) < 4.78 is 5.65. The Morgan fingerprint density at radius 2 is 1.73 bits per heavy atom. The van der Waals surface area contributed by atoms with Crippen LogP contribution in [0.3, 0.4) is 0 Å². The quantitative estimate of drug-likeness (QED) is 0.636. The molecule has 1 aliphatic heterocycles. The molecule has 5 heteroatoms. The predicted octanol–water partition coefficient (Wildman–Crippen LogP) is 3.81. The molecule has 2 aromatic carbocycles. The second-order valence-corrected chi connectivity index (χ2v) is 6.64. The minimum Gasteiger partial charge on any atom is -0.493 e. The summed E-state index contributed by atoms with van der Waals surface area (Å²) in [4.78, 5) is 25.9. The number of ether oxygens (including phenoxy) is 1. The number of amides is 3. The lowest BCUT2D eigenvalue weighted by molar-refractivity contribution is -0.123. The SMILES string of the molecule is CC(C)COc1ccc(/C=C2\NC(=O)N(Cc3ccccc3)C2=O)cc1. The molecule has 1 fully saturated rings. The number of rotatable bonds is 6. The highest BCUT2D eigenvalue weighted by atomic mass is 16.5. The first-order valence-electron chi connectivity index (χ1n) is 8.64. The maximum atomic E-state index is 12.5. The first-order valence-corrected chi connectivity index (χ1v) is 8.64. The maximum absolute atomic E-state index is 12.5. The molecular formula is C21H22N2O3. The minimum absolute atomic E-state index is 0.255. The van der Waals surface area contributed by atoms with Crippen LogP contribution >= 0.6 is 0 Å². The number of urea groups is 1. The first kappa shape index (κ1) is 17.7. The van der Waals surface area contributed by atoms with Crippen molar-refractivity contribution in [2.75, 3.05) is 6.61 Å². The Labute approximate surface area is 153 Å². The number of nitrogens with zero attached hydrogens (tertiary/aromatic N) is 1. The summed E-state index contributed by atoms with van der Waals surface area (Å²) in [7, 11) is 0. The number of carbonyl (C=O) groups is 2. The van der Waals surface area contributed by atoms with Crippen molar-refractivity contribution in [1.29, 1.82) is 0 Å². The van der Waals surface area contributed by atoms with Crippen LogP contribution in [0.1, 0.15) is 25.0 Å². The number of hydrogen-bond donors (Lipinski definition) is 1. The van der Waals surface area contributed by atoms with Gasteiger partial charge in [-0.2, -0.15) is 0 Å². The largest absolute Gasteiger partial charge is 0.493 e. The Kier molecular flexibility index (Phi) is 5.37. The number of nitrogens with one attached hydrogen (secondary N) is 1. The van der Waals surface area contributed by atoms with E-state index in [1.807, 2.05) is 54.6 Å². The standard InChI is InChI=1S/C21H22N2O3/c1-15(2)14-26-18-10-8-16(9-11-18)12-19-20(24)23(21(25)22-19)13-17-6-4-3-5-7-17/h3-12,15H,13-14H2,1-2H3,(H,22,25)/b19-12-. The summed E-state index contributed by atoms with van der Waals surface area (Å²) >= 11 is 0. The maximum Gasteiger partial charge on any atom is 0.329 e. The zero-order chi connectivity index (χ0) is 18.5. The molecular weight excluding hydrogens is 328 g/mol. The minimum atomic E-state index is -0.401. The molecule has 0 bridgehead atoms. The van der Waals surface area contributed by atoms with Crippen molar-refractivity contribution in [1.82, 2.24) is 10.2 Å². The first-order chi connectivity index (χ1) is 12.5. The number of benzene rings is 2. The highest BCUT2D eigenvalue weighted by Crippen LogP contribution is 2.19. The molecule has 1 heterocycles. The Bertz CT molecular complexity index is 811. The van der Waals surface area contributed by atoms with Crippen LogP contribution in [0.4, 0.5) is 4.79 Å². The van der Waals surface area contributed by atoms with Crippen molar-refractivity contribution in [2.24, 2.45) is 5.92 Å². The van der Waals surface area contributed by atoms with E-state index in [-0.39, 0.29) is 18.1 Å². The molecule has 0 aromatic heterocycles. The van der Waals surface area contributed by atoms with Gasteiger partial charge in [0.05, 0.1) is 13.2 Å². The predicted molar refractivity (Wildman–Crippen MR) is 100 cm³/mol. The fraction of sp³-hybridized carbons (Fsp3) is 0.238. The van der Waals surface area contributed by atoms with Gasteiger partial charge < -0.3 is 10.1 Å². The van der Waals surface area contributed by atoms with Crippen LogP contribution in [0.2, 0.25) is 0 Å². The monoisotopic (exact) mass is 350 g/mol.